The van der Waals surface area contributed by atoms with Gasteiger partial charge in [-0.3, -0.25) is 14.5 Å². The molecule has 90 valence electrons. The van der Waals surface area contributed by atoms with Crippen LogP contribution in [0.2, 0.25) is 0 Å². The Morgan fingerprint density at radius 3 is 2.62 bits per heavy atom. The fraction of sp³-hybridized carbons (Fsp3) is 0.818. The lowest BCUT2D eigenvalue weighted by molar-refractivity contribution is -0.138. The summed E-state index contributed by atoms with van der Waals surface area (Å²) in [6.45, 7) is 1.30. The molecule has 2 rings (SSSR count). The van der Waals surface area contributed by atoms with Crippen molar-refractivity contribution in [2.24, 2.45) is 0 Å². The Kier molecular flexibility index (Phi) is 3.14. The maximum absolute atomic E-state index is 11.9. The molecule has 0 spiro atoms. The van der Waals surface area contributed by atoms with Crippen LogP contribution in [0.15, 0.2) is 0 Å². The molecule has 0 aromatic rings. The van der Waals surface area contributed by atoms with E-state index in [1.54, 1.807) is 4.90 Å². The van der Waals surface area contributed by atoms with Gasteiger partial charge in [-0.15, -0.1) is 0 Å². The number of carboxylic acids is 1. The van der Waals surface area contributed by atoms with Crippen molar-refractivity contribution in [1.82, 2.24) is 9.80 Å². The van der Waals surface area contributed by atoms with E-state index in [4.69, 9.17) is 5.11 Å². The first-order valence-corrected chi connectivity index (χ1v) is 5.82. The van der Waals surface area contributed by atoms with Crippen LogP contribution < -0.4 is 0 Å². The predicted molar refractivity (Wildman–Crippen MR) is 58.0 cm³/mol. The third-order valence-electron chi connectivity index (χ3n) is 3.40. The third-order valence-corrected chi connectivity index (χ3v) is 3.40. The van der Waals surface area contributed by atoms with E-state index in [0.717, 1.165) is 25.8 Å². The molecular formula is C11H18N2O3. The molecule has 0 aromatic carbocycles. The smallest absolute Gasteiger partial charge is 0.304 e. The van der Waals surface area contributed by atoms with Gasteiger partial charge in [0.2, 0.25) is 5.91 Å². The summed E-state index contributed by atoms with van der Waals surface area (Å²) in [4.78, 5) is 26.3. The minimum absolute atomic E-state index is 0.0724. The highest BCUT2D eigenvalue weighted by Gasteiger charge is 2.40. The van der Waals surface area contributed by atoms with E-state index in [1.165, 1.54) is 0 Å². The number of carbonyl (C=O) groups excluding carboxylic acids is 1. The molecule has 1 amide bonds. The van der Waals surface area contributed by atoms with Gasteiger partial charge in [0, 0.05) is 26.2 Å². The van der Waals surface area contributed by atoms with E-state index in [9.17, 15) is 9.59 Å². The molecule has 5 heteroatoms. The Morgan fingerprint density at radius 2 is 2.19 bits per heavy atom. The lowest BCUT2D eigenvalue weighted by atomic mass is 10.2. The fourth-order valence-corrected chi connectivity index (χ4v) is 2.34. The van der Waals surface area contributed by atoms with Gasteiger partial charge in [-0.2, -0.15) is 0 Å². The number of aliphatic carboxylic acids is 1. The molecule has 1 aliphatic heterocycles. The molecule has 0 aromatic heterocycles. The maximum atomic E-state index is 11.9. The summed E-state index contributed by atoms with van der Waals surface area (Å²) in [5.74, 6) is -0.637. The van der Waals surface area contributed by atoms with Crippen LogP contribution in [0.3, 0.4) is 0 Å². The van der Waals surface area contributed by atoms with Crippen molar-refractivity contribution in [2.75, 3.05) is 20.1 Å². The average Bonchev–Trinajstić information content (AvgIpc) is 3.00. The number of carbonyl (C=O) groups is 2. The van der Waals surface area contributed by atoms with Crippen LogP contribution in [0.4, 0.5) is 0 Å². The zero-order valence-corrected chi connectivity index (χ0v) is 9.56. The van der Waals surface area contributed by atoms with Gasteiger partial charge < -0.3 is 10.0 Å². The SMILES string of the molecule is CN1CCC(N(CCC(=O)O)C2CC2)C1=O. The van der Waals surface area contributed by atoms with Gasteiger partial charge in [0.25, 0.3) is 0 Å². The quantitative estimate of drug-likeness (QED) is 0.725. The van der Waals surface area contributed by atoms with E-state index >= 15 is 0 Å². The van der Waals surface area contributed by atoms with Crippen molar-refractivity contribution >= 4 is 11.9 Å². The van der Waals surface area contributed by atoms with Gasteiger partial charge in [0.1, 0.15) is 0 Å². The number of likely N-dealkylation sites (N-methyl/N-ethyl adjacent to an activating group) is 1. The van der Waals surface area contributed by atoms with Crippen molar-refractivity contribution in [3.8, 4) is 0 Å². The van der Waals surface area contributed by atoms with Crippen LogP contribution in [0.1, 0.15) is 25.7 Å². The molecule has 5 nitrogen and oxygen atoms in total. The number of hydrogen-bond acceptors (Lipinski definition) is 3. The van der Waals surface area contributed by atoms with Crippen molar-refractivity contribution in [3.63, 3.8) is 0 Å². The molecule has 1 atom stereocenters. The van der Waals surface area contributed by atoms with Gasteiger partial charge in [0.05, 0.1) is 12.5 Å². The second-order valence-electron chi connectivity index (χ2n) is 4.68. The zero-order chi connectivity index (χ0) is 11.7. The highest BCUT2D eigenvalue weighted by atomic mass is 16.4. The maximum Gasteiger partial charge on any atom is 0.304 e. The summed E-state index contributed by atoms with van der Waals surface area (Å²) in [5.41, 5.74) is 0. The Hall–Kier alpha value is -1.10. The van der Waals surface area contributed by atoms with Gasteiger partial charge in [-0.05, 0) is 19.3 Å². The summed E-state index contributed by atoms with van der Waals surface area (Å²) >= 11 is 0. The van der Waals surface area contributed by atoms with Crippen LogP contribution in [0.5, 0.6) is 0 Å². The molecule has 1 N–H and O–H groups in total. The second kappa shape index (κ2) is 4.41. The number of carboxylic acid groups (broad SMARTS) is 1. The Morgan fingerprint density at radius 1 is 1.50 bits per heavy atom. The van der Waals surface area contributed by atoms with Crippen LogP contribution in [0.25, 0.3) is 0 Å². The van der Waals surface area contributed by atoms with Gasteiger partial charge in [-0.1, -0.05) is 0 Å². The first kappa shape index (κ1) is 11.4. The Labute approximate surface area is 95.0 Å². The van der Waals surface area contributed by atoms with E-state index in [1.807, 2.05) is 7.05 Å². The molecule has 0 bridgehead atoms. The van der Waals surface area contributed by atoms with Gasteiger partial charge in [-0.25, -0.2) is 0 Å². The number of hydrogen-bond donors (Lipinski definition) is 1. The van der Waals surface area contributed by atoms with E-state index in [-0.39, 0.29) is 18.4 Å². The summed E-state index contributed by atoms with van der Waals surface area (Å²) < 4.78 is 0. The second-order valence-corrected chi connectivity index (χ2v) is 4.68. The highest BCUT2D eigenvalue weighted by Crippen LogP contribution is 2.31. The molecule has 1 unspecified atom stereocenters. The Bertz CT molecular complexity index is 302. The largest absolute Gasteiger partial charge is 0.481 e. The van der Waals surface area contributed by atoms with Crippen molar-refractivity contribution in [2.45, 2.75) is 37.8 Å². The minimum atomic E-state index is -0.788. The minimum Gasteiger partial charge on any atom is -0.481 e. The first-order chi connectivity index (χ1) is 7.59. The monoisotopic (exact) mass is 226 g/mol. The van der Waals surface area contributed by atoms with E-state index in [0.29, 0.717) is 12.6 Å². The molecule has 0 radical (unpaired) electrons. The fourth-order valence-electron chi connectivity index (χ4n) is 2.34. The average molecular weight is 226 g/mol. The van der Waals surface area contributed by atoms with Crippen molar-refractivity contribution in [1.29, 1.82) is 0 Å². The molecule has 1 heterocycles. The number of amides is 1. The normalized spacial score (nSPS) is 25.5. The lowest BCUT2D eigenvalue weighted by Crippen LogP contribution is -2.43. The van der Waals surface area contributed by atoms with Crippen molar-refractivity contribution in [3.05, 3.63) is 0 Å². The van der Waals surface area contributed by atoms with Crippen molar-refractivity contribution < 1.29 is 14.7 Å². The summed E-state index contributed by atoms with van der Waals surface area (Å²) in [5, 5.41) is 8.70. The molecule has 2 aliphatic rings. The van der Waals surface area contributed by atoms with E-state index in [2.05, 4.69) is 4.90 Å². The van der Waals surface area contributed by atoms with E-state index < -0.39 is 5.97 Å². The predicted octanol–water partition coefficient (Wildman–Crippen LogP) is 0.156. The molecular weight excluding hydrogens is 208 g/mol. The molecule has 1 aliphatic carbocycles. The van der Waals surface area contributed by atoms with Gasteiger partial charge in [0.15, 0.2) is 0 Å². The topological polar surface area (TPSA) is 60.9 Å². The highest BCUT2D eigenvalue weighted by molar-refractivity contribution is 5.83. The van der Waals surface area contributed by atoms with Crippen LogP contribution in [0, 0.1) is 0 Å². The first-order valence-electron chi connectivity index (χ1n) is 5.82. The van der Waals surface area contributed by atoms with Crippen LogP contribution in [-0.2, 0) is 9.59 Å². The zero-order valence-electron chi connectivity index (χ0n) is 9.56. The summed E-state index contributed by atoms with van der Waals surface area (Å²) in [6.07, 6.45) is 3.18. The molecule has 1 saturated heterocycles. The number of rotatable bonds is 5. The van der Waals surface area contributed by atoms with Gasteiger partial charge >= 0.3 is 5.97 Å². The summed E-state index contributed by atoms with van der Waals surface area (Å²) in [7, 11) is 1.81. The number of likely N-dealkylation sites (tertiary alicyclic amines) is 1. The molecule has 1 saturated carbocycles. The Balaban J connectivity index is 1.96. The van der Waals surface area contributed by atoms with Crippen LogP contribution >= 0.6 is 0 Å². The number of nitrogens with zero attached hydrogens (tertiary/aromatic N) is 2. The molecule has 2 fully saturated rings. The lowest BCUT2D eigenvalue weighted by Gasteiger charge is -2.26. The third kappa shape index (κ3) is 2.35. The molecule has 16 heavy (non-hydrogen) atoms. The van der Waals surface area contributed by atoms with Crippen LogP contribution in [-0.4, -0.2) is 59.0 Å². The standard InChI is InChI=1S/C11H18N2O3/c1-12-6-4-9(11(12)16)13(8-2-3-8)7-5-10(14)15/h8-9H,2-7H2,1H3,(H,14,15). The summed E-state index contributed by atoms with van der Waals surface area (Å²) in [6, 6.07) is 0.372.